The summed E-state index contributed by atoms with van der Waals surface area (Å²) in [7, 11) is 0. The lowest BCUT2D eigenvalue weighted by Crippen LogP contribution is -2.04. The summed E-state index contributed by atoms with van der Waals surface area (Å²) in [6, 6.07) is 9.99. The fourth-order valence-corrected chi connectivity index (χ4v) is 2.69. The highest BCUT2D eigenvalue weighted by molar-refractivity contribution is 7.98. The van der Waals surface area contributed by atoms with Gasteiger partial charge in [-0.25, -0.2) is 9.97 Å². The zero-order chi connectivity index (χ0) is 16.7. The van der Waals surface area contributed by atoms with Crippen LogP contribution in [0.2, 0.25) is 0 Å². The number of carbonyl (C=O) groups excluding carboxylic acids is 1. The van der Waals surface area contributed by atoms with Crippen LogP contribution in [-0.2, 0) is 11.2 Å². The van der Waals surface area contributed by atoms with Crippen LogP contribution < -0.4 is 0 Å². The van der Waals surface area contributed by atoms with Crippen LogP contribution in [0.3, 0.4) is 0 Å². The molecular formula is C19H20N2OS. The number of aromatic nitrogens is 2. The molecule has 0 aliphatic rings. The molecule has 0 amide bonds. The van der Waals surface area contributed by atoms with E-state index in [1.807, 2.05) is 24.5 Å². The van der Waals surface area contributed by atoms with E-state index in [2.05, 4.69) is 40.9 Å². The van der Waals surface area contributed by atoms with Gasteiger partial charge in [-0.2, -0.15) is 0 Å². The fraction of sp³-hybridized carbons (Fsp3) is 0.316. The molecule has 23 heavy (non-hydrogen) atoms. The van der Waals surface area contributed by atoms with Crippen LogP contribution in [0.4, 0.5) is 0 Å². The van der Waals surface area contributed by atoms with Crippen LogP contribution in [0.25, 0.3) is 0 Å². The fourth-order valence-electron chi connectivity index (χ4n) is 2.33. The van der Waals surface area contributed by atoms with Gasteiger partial charge in [0.25, 0.3) is 0 Å². The van der Waals surface area contributed by atoms with E-state index in [4.69, 9.17) is 0 Å². The van der Waals surface area contributed by atoms with Crippen molar-refractivity contribution in [3.05, 3.63) is 53.3 Å². The molecule has 0 N–H and O–H groups in total. The molecule has 4 heteroatoms. The summed E-state index contributed by atoms with van der Waals surface area (Å²) in [6.07, 6.45) is 5.21. The summed E-state index contributed by atoms with van der Waals surface area (Å²) < 4.78 is 0. The first-order chi connectivity index (χ1) is 11.1. The van der Waals surface area contributed by atoms with Gasteiger partial charge in [0, 0.05) is 18.2 Å². The van der Waals surface area contributed by atoms with Gasteiger partial charge in [-0.3, -0.25) is 0 Å². The number of hydrogen-bond acceptors (Lipinski definition) is 4. The molecule has 0 bridgehead atoms. The molecule has 0 saturated carbocycles. The Balaban J connectivity index is 2.03. The van der Waals surface area contributed by atoms with Gasteiger partial charge in [-0.15, -0.1) is 0 Å². The molecule has 0 saturated heterocycles. The third-order valence-electron chi connectivity index (χ3n) is 3.32. The number of Topliss-reactive ketones (excluding diaryl/α,β-unsaturated/α-hetero) is 1. The van der Waals surface area contributed by atoms with Gasteiger partial charge < -0.3 is 4.79 Å². The van der Waals surface area contributed by atoms with Crippen LogP contribution >= 0.6 is 11.8 Å². The second-order valence-electron chi connectivity index (χ2n) is 5.59. The molecule has 1 unspecified atom stereocenters. The van der Waals surface area contributed by atoms with Crippen molar-refractivity contribution in [2.24, 2.45) is 5.92 Å². The number of carbonyl (C=O) groups is 1. The Morgan fingerprint density at radius 3 is 2.61 bits per heavy atom. The molecular weight excluding hydrogens is 304 g/mol. The number of ketones is 1. The highest BCUT2D eigenvalue weighted by atomic mass is 32.2. The molecule has 0 aliphatic heterocycles. The Morgan fingerprint density at radius 1 is 1.22 bits per heavy atom. The van der Waals surface area contributed by atoms with E-state index < -0.39 is 0 Å². The molecule has 1 heterocycles. The molecule has 0 radical (unpaired) electrons. The molecule has 1 aromatic heterocycles. The quantitative estimate of drug-likeness (QED) is 0.477. The highest BCUT2D eigenvalue weighted by Crippen LogP contribution is 2.13. The minimum absolute atomic E-state index is 0.245. The van der Waals surface area contributed by atoms with Crippen LogP contribution in [0.5, 0.6) is 0 Å². The van der Waals surface area contributed by atoms with Gasteiger partial charge in [0.1, 0.15) is 11.5 Å². The largest absolute Gasteiger partial charge is 0.300 e. The van der Waals surface area contributed by atoms with Crippen molar-refractivity contribution in [1.82, 2.24) is 9.97 Å². The molecule has 0 spiro atoms. The summed E-state index contributed by atoms with van der Waals surface area (Å²) in [5.74, 6) is 6.80. The molecule has 3 nitrogen and oxygen atoms in total. The summed E-state index contributed by atoms with van der Waals surface area (Å²) in [6.45, 7) is 3.75. The van der Waals surface area contributed by atoms with Crippen molar-refractivity contribution < 1.29 is 4.79 Å². The van der Waals surface area contributed by atoms with Crippen LogP contribution in [0.15, 0.2) is 41.7 Å². The SMILES string of the molecule is CSc1nccc(C#Cc2ccc(CC(C)CC(C)=O)cc2)n1. The van der Waals surface area contributed by atoms with E-state index in [0.29, 0.717) is 12.3 Å². The van der Waals surface area contributed by atoms with Crippen molar-refractivity contribution >= 4 is 17.5 Å². The van der Waals surface area contributed by atoms with E-state index in [1.54, 1.807) is 13.1 Å². The van der Waals surface area contributed by atoms with Crippen molar-refractivity contribution in [2.45, 2.75) is 31.8 Å². The lowest BCUT2D eigenvalue weighted by Gasteiger charge is -2.09. The first-order valence-corrected chi connectivity index (χ1v) is 8.76. The minimum Gasteiger partial charge on any atom is -0.300 e. The molecule has 0 fully saturated rings. The molecule has 2 rings (SSSR count). The summed E-state index contributed by atoms with van der Waals surface area (Å²) in [5, 5.41) is 0.728. The number of thioether (sulfide) groups is 1. The van der Waals surface area contributed by atoms with Crippen molar-refractivity contribution in [1.29, 1.82) is 0 Å². The zero-order valence-corrected chi connectivity index (χ0v) is 14.5. The number of benzene rings is 1. The average molecular weight is 324 g/mol. The normalized spacial score (nSPS) is 11.4. The average Bonchev–Trinajstić information content (AvgIpc) is 2.53. The number of nitrogens with zero attached hydrogens (tertiary/aromatic N) is 2. The first kappa shape index (κ1) is 17.2. The maximum absolute atomic E-state index is 11.1. The predicted molar refractivity (Wildman–Crippen MR) is 94.4 cm³/mol. The Hall–Kier alpha value is -2.12. The Morgan fingerprint density at radius 2 is 1.96 bits per heavy atom. The smallest absolute Gasteiger partial charge is 0.188 e. The zero-order valence-electron chi connectivity index (χ0n) is 13.7. The topological polar surface area (TPSA) is 42.9 Å². The molecule has 2 aromatic rings. The van der Waals surface area contributed by atoms with E-state index in [-0.39, 0.29) is 5.78 Å². The Kier molecular flexibility index (Phi) is 6.37. The summed E-state index contributed by atoms with van der Waals surface area (Å²) in [4.78, 5) is 19.6. The van der Waals surface area contributed by atoms with Gasteiger partial charge in [-0.1, -0.05) is 36.7 Å². The standard InChI is InChI=1S/C19H20N2OS/c1-14(12-15(2)22)13-17-6-4-16(5-7-17)8-9-18-10-11-20-19(21-18)23-3/h4-7,10-11,14H,12-13H2,1-3H3. The molecule has 1 aromatic carbocycles. The maximum Gasteiger partial charge on any atom is 0.188 e. The van der Waals surface area contributed by atoms with Gasteiger partial charge in [-0.05, 0) is 55.2 Å². The Bertz CT molecular complexity index is 729. The third-order valence-corrected chi connectivity index (χ3v) is 3.89. The number of rotatable bonds is 5. The van der Waals surface area contributed by atoms with Crippen molar-refractivity contribution in [2.75, 3.05) is 6.26 Å². The second kappa shape index (κ2) is 8.50. The van der Waals surface area contributed by atoms with Crippen LogP contribution in [0.1, 0.15) is 37.1 Å². The second-order valence-corrected chi connectivity index (χ2v) is 6.36. The van der Waals surface area contributed by atoms with Gasteiger partial charge >= 0.3 is 0 Å². The van der Waals surface area contributed by atoms with Crippen LogP contribution in [-0.4, -0.2) is 22.0 Å². The summed E-state index contributed by atoms with van der Waals surface area (Å²) in [5.41, 5.74) is 2.91. The molecule has 1 atom stereocenters. The van der Waals surface area contributed by atoms with E-state index >= 15 is 0 Å². The van der Waals surface area contributed by atoms with E-state index in [1.165, 1.54) is 17.3 Å². The summed E-state index contributed by atoms with van der Waals surface area (Å²) >= 11 is 1.50. The third kappa shape index (κ3) is 5.88. The van der Waals surface area contributed by atoms with Crippen molar-refractivity contribution in [3.63, 3.8) is 0 Å². The maximum atomic E-state index is 11.1. The van der Waals surface area contributed by atoms with E-state index in [9.17, 15) is 4.79 Å². The highest BCUT2D eigenvalue weighted by Gasteiger charge is 2.06. The monoisotopic (exact) mass is 324 g/mol. The van der Waals surface area contributed by atoms with E-state index in [0.717, 1.165) is 22.8 Å². The minimum atomic E-state index is 0.245. The molecule has 0 aliphatic carbocycles. The Labute approximate surface area is 141 Å². The van der Waals surface area contributed by atoms with Gasteiger partial charge in [0.15, 0.2) is 5.16 Å². The van der Waals surface area contributed by atoms with Crippen LogP contribution in [0, 0.1) is 17.8 Å². The predicted octanol–water partition coefficient (Wildman–Crippen LogP) is 3.76. The lowest BCUT2D eigenvalue weighted by atomic mass is 9.96. The lowest BCUT2D eigenvalue weighted by molar-refractivity contribution is -0.117. The van der Waals surface area contributed by atoms with Gasteiger partial charge in [0.05, 0.1) is 0 Å². The van der Waals surface area contributed by atoms with Gasteiger partial charge in [0.2, 0.25) is 0 Å². The van der Waals surface area contributed by atoms with Crippen molar-refractivity contribution in [3.8, 4) is 11.8 Å². The molecule has 118 valence electrons. The number of hydrogen-bond donors (Lipinski definition) is 0. The first-order valence-electron chi connectivity index (χ1n) is 7.54.